The van der Waals surface area contributed by atoms with Crippen molar-refractivity contribution in [2.45, 2.75) is 6.54 Å². The van der Waals surface area contributed by atoms with E-state index in [1.807, 2.05) is 0 Å². The molecule has 0 aliphatic rings. The van der Waals surface area contributed by atoms with Gasteiger partial charge in [-0.1, -0.05) is 0 Å². The van der Waals surface area contributed by atoms with Crippen LogP contribution in [0.3, 0.4) is 0 Å². The normalized spacial score (nSPS) is 10.3. The van der Waals surface area contributed by atoms with Gasteiger partial charge in [0.1, 0.15) is 5.82 Å². The second-order valence-corrected chi connectivity index (χ2v) is 4.17. The molecular formula is C8H7BrN6O3. The van der Waals surface area contributed by atoms with Gasteiger partial charge in [-0.2, -0.15) is 5.10 Å². The van der Waals surface area contributed by atoms with Crippen LogP contribution in [0.1, 0.15) is 5.82 Å². The quantitative estimate of drug-likeness (QED) is 0.564. The standard InChI is InChI=1S/C8H7BrN6O3/c9-4-1-5(15(17)18)7(10-2-4)11-3-6-12-8(16)14-13-6/h1-2H,3H2,(H,10,11)(H2,12,13,14,16). The Morgan fingerprint density at radius 2 is 2.33 bits per heavy atom. The zero-order chi connectivity index (χ0) is 13.1. The summed E-state index contributed by atoms with van der Waals surface area (Å²) < 4.78 is 0.507. The second kappa shape index (κ2) is 4.96. The SMILES string of the molecule is O=c1[nH]nc(CNc2ncc(Br)cc2[N+](=O)[O-])[nH]1. The number of pyridine rings is 1. The molecule has 0 bridgehead atoms. The second-order valence-electron chi connectivity index (χ2n) is 3.26. The van der Waals surface area contributed by atoms with E-state index in [9.17, 15) is 14.9 Å². The highest BCUT2D eigenvalue weighted by molar-refractivity contribution is 9.10. The summed E-state index contributed by atoms with van der Waals surface area (Å²) in [5, 5.41) is 19.4. The number of aromatic nitrogens is 4. The fraction of sp³-hybridized carbons (Fsp3) is 0.125. The molecule has 9 nitrogen and oxygen atoms in total. The molecule has 0 aliphatic heterocycles. The lowest BCUT2D eigenvalue weighted by Crippen LogP contribution is -2.07. The van der Waals surface area contributed by atoms with Crippen molar-refractivity contribution in [1.29, 1.82) is 0 Å². The number of nitrogens with zero attached hydrogens (tertiary/aromatic N) is 3. The number of hydrogen-bond donors (Lipinski definition) is 3. The summed E-state index contributed by atoms with van der Waals surface area (Å²) >= 11 is 3.10. The zero-order valence-corrected chi connectivity index (χ0v) is 10.4. The summed E-state index contributed by atoms with van der Waals surface area (Å²) in [6, 6.07) is 1.34. The third-order valence-corrected chi connectivity index (χ3v) is 2.44. The van der Waals surface area contributed by atoms with Gasteiger partial charge in [-0.25, -0.2) is 14.9 Å². The van der Waals surface area contributed by atoms with E-state index in [1.165, 1.54) is 12.3 Å². The maximum atomic E-state index is 10.8. The molecule has 0 aliphatic carbocycles. The molecule has 10 heteroatoms. The van der Waals surface area contributed by atoms with Crippen LogP contribution in [0.2, 0.25) is 0 Å². The van der Waals surface area contributed by atoms with Crippen molar-refractivity contribution in [3.8, 4) is 0 Å². The highest BCUT2D eigenvalue weighted by Gasteiger charge is 2.15. The third-order valence-electron chi connectivity index (χ3n) is 2.00. The molecule has 0 saturated carbocycles. The number of H-pyrrole nitrogens is 2. The predicted octanol–water partition coefficient (Wildman–Crippen LogP) is 0.776. The topological polar surface area (TPSA) is 130 Å². The van der Waals surface area contributed by atoms with E-state index in [0.29, 0.717) is 10.3 Å². The minimum absolute atomic E-state index is 0.104. The lowest BCUT2D eigenvalue weighted by atomic mass is 10.4. The van der Waals surface area contributed by atoms with E-state index in [2.05, 4.69) is 41.4 Å². The van der Waals surface area contributed by atoms with Crippen LogP contribution in [-0.2, 0) is 6.54 Å². The van der Waals surface area contributed by atoms with Crippen LogP contribution in [0.25, 0.3) is 0 Å². The molecule has 18 heavy (non-hydrogen) atoms. The van der Waals surface area contributed by atoms with Gasteiger partial charge in [0.25, 0.3) is 0 Å². The minimum atomic E-state index is -0.548. The number of aromatic amines is 2. The first kappa shape index (κ1) is 12.2. The van der Waals surface area contributed by atoms with Crippen molar-refractivity contribution in [2.75, 3.05) is 5.32 Å². The Hall–Kier alpha value is -2.23. The van der Waals surface area contributed by atoms with Gasteiger partial charge >= 0.3 is 11.4 Å². The molecule has 0 atom stereocenters. The smallest absolute Gasteiger partial charge is 0.340 e. The van der Waals surface area contributed by atoms with Crippen LogP contribution in [-0.4, -0.2) is 25.1 Å². The van der Waals surface area contributed by atoms with Gasteiger partial charge in [-0.15, -0.1) is 0 Å². The first-order valence-corrected chi connectivity index (χ1v) is 5.53. The Morgan fingerprint density at radius 3 is 2.94 bits per heavy atom. The van der Waals surface area contributed by atoms with Crippen molar-refractivity contribution in [3.63, 3.8) is 0 Å². The molecule has 2 aromatic heterocycles. The number of halogens is 1. The zero-order valence-electron chi connectivity index (χ0n) is 8.81. The van der Waals surface area contributed by atoms with E-state index in [1.54, 1.807) is 0 Å². The average Bonchev–Trinajstić information content (AvgIpc) is 2.73. The van der Waals surface area contributed by atoms with Crippen molar-refractivity contribution in [3.05, 3.63) is 43.2 Å². The highest BCUT2D eigenvalue weighted by Crippen LogP contribution is 2.25. The summed E-state index contributed by atoms with van der Waals surface area (Å²) in [4.78, 5) is 27.4. The molecule has 94 valence electrons. The third kappa shape index (κ3) is 2.71. The molecule has 0 fully saturated rings. The van der Waals surface area contributed by atoms with Gasteiger partial charge in [0.05, 0.1) is 11.5 Å². The lowest BCUT2D eigenvalue weighted by Gasteiger charge is -2.03. The van der Waals surface area contributed by atoms with Crippen LogP contribution in [0.15, 0.2) is 21.5 Å². The Balaban J connectivity index is 2.18. The van der Waals surface area contributed by atoms with Crippen LogP contribution < -0.4 is 11.0 Å². The molecule has 0 aromatic carbocycles. The molecular weight excluding hydrogens is 308 g/mol. The largest absolute Gasteiger partial charge is 0.357 e. The maximum absolute atomic E-state index is 10.8. The van der Waals surface area contributed by atoms with Crippen molar-refractivity contribution in [2.24, 2.45) is 0 Å². The first-order valence-electron chi connectivity index (χ1n) is 4.73. The lowest BCUT2D eigenvalue weighted by molar-refractivity contribution is -0.384. The van der Waals surface area contributed by atoms with Gasteiger partial charge in [-0.05, 0) is 15.9 Å². The van der Waals surface area contributed by atoms with E-state index in [4.69, 9.17) is 0 Å². The monoisotopic (exact) mass is 314 g/mol. The maximum Gasteiger partial charge on any atom is 0.340 e. The summed E-state index contributed by atoms with van der Waals surface area (Å²) in [5.74, 6) is 0.436. The number of nitro groups is 1. The predicted molar refractivity (Wildman–Crippen MR) is 65.1 cm³/mol. The van der Waals surface area contributed by atoms with Crippen LogP contribution in [0.5, 0.6) is 0 Å². The van der Waals surface area contributed by atoms with Crippen molar-refractivity contribution in [1.82, 2.24) is 20.2 Å². The molecule has 3 N–H and O–H groups in total. The highest BCUT2D eigenvalue weighted by atomic mass is 79.9. The van der Waals surface area contributed by atoms with E-state index < -0.39 is 10.6 Å². The van der Waals surface area contributed by atoms with Gasteiger partial charge in [-0.3, -0.25) is 15.1 Å². The Kier molecular flexibility index (Phi) is 3.37. The molecule has 2 aromatic rings. The summed E-state index contributed by atoms with van der Waals surface area (Å²) in [7, 11) is 0. The summed E-state index contributed by atoms with van der Waals surface area (Å²) in [6.07, 6.45) is 1.43. The molecule has 0 radical (unpaired) electrons. The fourth-order valence-corrected chi connectivity index (χ4v) is 1.58. The van der Waals surface area contributed by atoms with Crippen LogP contribution in [0.4, 0.5) is 11.5 Å². The first-order chi connectivity index (χ1) is 8.56. The Labute approximate surface area is 108 Å². The average molecular weight is 315 g/mol. The minimum Gasteiger partial charge on any atom is -0.357 e. The summed E-state index contributed by atoms with van der Waals surface area (Å²) in [6.45, 7) is 0.119. The van der Waals surface area contributed by atoms with Gasteiger partial charge in [0.2, 0.25) is 5.82 Å². The van der Waals surface area contributed by atoms with Crippen molar-refractivity contribution >= 4 is 27.4 Å². The van der Waals surface area contributed by atoms with E-state index in [0.717, 1.165) is 0 Å². The van der Waals surface area contributed by atoms with Gasteiger partial charge in [0.15, 0.2) is 0 Å². The van der Waals surface area contributed by atoms with E-state index in [-0.39, 0.29) is 18.1 Å². The van der Waals surface area contributed by atoms with Gasteiger partial charge < -0.3 is 5.32 Å². The fourth-order valence-electron chi connectivity index (χ4n) is 1.26. The molecule has 0 spiro atoms. The molecule has 0 saturated heterocycles. The van der Waals surface area contributed by atoms with Crippen molar-refractivity contribution < 1.29 is 4.92 Å². The van der Waals surface area contributed by atoms with Gasteiger partial charge in [0, 0.05) is 16.7 Å². The number of anilines is 1. The number of nitrogens with one attached hydrogen (secondary N) is 3. The molecule has 0 amide bonds. The number of rotatable bonds is 4. The van der Waals surface area contributed by atoms with Crippen LogP contribution >= 0.6 is 15.9 Å². The molecule has 0 unspecified atom stereocenters. The summed E-state index contributed by atoms with van der Waals surface area (Å²) in [5.41, 5.74) is -0.604. The Morgan fingerprint density at radius 1 is 1.56 bits per heavy atom. The van der Waals surface area contributed by atoms with Crippen LogP contribution in [0, 0.1) is 10.1 Å². The molecule has 2 rings (SSSR count). The Bertz CT molecular complexity index is 636. The number of hydrogen-bond acceptors (Lipinski definition) is 6. The van der Waals surface area contributed by atoms with E-state index >= 15 is 0 Å². The molecule has 2 heterocycles.